The Morgan fingerprint density at radius 3 is 2.50 bits per heavy atom. The maximum atomic E-state index is 6.14. The van der Waals surface area contributed by atoms with Crippen molar-refractivity contribution in [2.75, 3.05) is 25.1 Å². The van der Waals surface area contributed by atoms with Gasteiger partial charge >= 0.3 is 0 Å². The number of ether oxygens (including phenoxy) is 1. The van der Waals surface area contributed by atoms with E-state index in [1.807, 2.05) is 20.9 Å². The Bertz CT molecular complexity index is 382. The van der Waals surface area contributed by atoms with E-state index in [0.717, 1.165) is 17.9 Å². The highest BCUT2D eigenvalue weighted by Crippen LogP contribution is 2.29. The lowest BCUT2D eigenvalue weighted by Gasteiger charge is -2.23. The van der Waals surface area contributed by atoms with Crippen molar-refractivity contribution in [2.45, 2.75) is 39.7 Å². The third-order valence-corrected chi connectivity index (χ3v) is 2.93. The fourth-order valence-corrected chi connectivity index (χ4v) is 2.04. The van der Waals surface area contributed by atoms with Crippen molar-refractivity contribution in [3.8, 4) is 0 Å². The van der Waals surface area contributed by atoms with E-state index in [0.29, 0.717) is 17.7 Å². The van der Waals surface area contributed by atoms with Crippen LogP contribution in [0.2, 0.25) is 5.15 Å². The van der Waals surface area contributed by atoms with Crippen molar-refractivity contribution in [2.24, 2.45) is 0 Å². The van der Waals surface area contributed by atoms with Gasteiger partial charge in [-0.1, -0.05) is 25.4 Å². The molecule has 0 bridgehead atoms. The number of hydrogen-bond donors (Lipinski definition) is 0. The topological polar surface area (TPSA) is 38.2 Å². The quantitative estimate of drug-likeness (QED) is 0.745. The van der Waals surface area contributed by atoms with Crippen molar-refractivity contribution in [1.29, 1.82) is 0 Å². The molecule has 0 N–H and O–H groups in total. The Morgan fingerprint density at radius 1 is 1.28 bits per heavy atom. The summed E-state index contributed by atoms with van der Waals surface area (Å²) in [4.78, 5) is 10.4. The number of rotatable bonds is 6. The average molecular weight is 272 g/mol. The van der Waals surface area contributed by atoms with Gasteiger partial charge in [-0.2, -0.15) is 0 Å². The van der Waals surface area contributed by atoms with E-state index in [1.165, 1.54) is 6.33 Å². The second-order valence-corrected chi connectivity index (χ2v) is 5.26. The molecule has 4 nitrogen and oxygen atoms in total. The van der Waals surface area contributed by atoms with Crippen LogP contribution in [0.4, 0.5) is 5.82 Å². The van der Waals surface area contributed by atoms with Crippen LogP contribution in [0.25, 0.3) is 0 Å². The second-order valence-electron chi connectivity index (χ2n) is 4.90. The van der Waals surface area contributed by atoms with Gasteiger partial charge in [0.25, 0.3) is 0 Å². The summed E-state index contributed by atoms with van der Waals surface area (Å²) in [6, 6.07) is 0. The lowest BCUT2D eigenvalue weighted by molar-refractivity contribution is 0.0845. The molecule has 5 heteroatoms. The minimum Gasteiger partial charge on any atom is -0.377 e. The molecule has 0 saturated heterocycles. The first-order valence-electron chi connectivity index (χ1n) is 6.26. The van der Waals surface area contributed by atoms with Crippen molar-refractivity contribution >= 4 is 17.4 Å². The van der Waals surface area contributed by atoms with E-state index in [4.69, 9.17) is 16.3 Å². The first-order chi connectivity index (χ1) is 8.43. The highest BCUT2D eigenvalue weighted by Gasteiger charge is 2.16. The Hall–Kier alpha value is -0.870. The van der Waals surface area contributed by atoms with Gasteiger partial charge in [-0.05, 0) is 19.8 Å². The number of anilines is 1. The summed E-state index contributed by atoms with van der Waals surface area (Å²) in [5, 5.41) is 0.534. The van der Waals surface area contributed by atoms with E-state index in [9.17, 15) is 0 Å². The molecule has 0 aliphatic rings. The standard InChI is InChI=1S/C13H22ClN3O/c1-9(2)11-12(14)15-8-16-13(11)17(5)6-7-18-10(3)4/h8-10H,6-7H2,1-5H3. The maximum absolute atomic E-state index is 6.14. The van der Waals surface area contributed by atoms with Crippen LogP contribution in [0.5, 0.6) is 0 Å². The molecule has 0 atom stereocenters. The summed E-state index contributed by atoms with van der Waals surface area (Å²) in [5.74, 6) is 1.18. The Balaban J connectivity index is 2.78. The fraction of sp³-hybridized carbons (Fsp3) is 0.692. The number of hydrogen-bond acceptors (Lipinski definition) is 4. The molecular weight excluding hydrogens is 250 g/mol. The van der Waals surface area contributed by atoms with Gasteiger partial charge in [0.2, 0.25) is 0 Å². The number of aromatic nitrogens is 2. The second kappa shape index (κ2) is 6.90. The summed E-state index contributed by atoms with van der Waals surface area (Å²) in [7, 11) is 1.99. The summed E-state index contributed by atoms with van der Waals surface area (Å²) in [6.45, 7) is 9.69. The van der Waals surface area contributed by atoms with Crippen LogP contribution in [0.1, 0.15) is 39.2 Å². The molecule has 0 fully saturated rings. The first-order valence-corrected chi connectivity index (χ1v) is 6.64. The smallest absolute Gasteiger partial charge is 0.138 e. The van der Waals surface area contributed by atoms with Gasteiger partial charge in [-0.15, -0.1) is 0 Å². The van der Waals surface area contributed by atoms with Crippen LogP contribution in [0.15, 0.2) is 6.33 Å². The number of halogens is 1. The molecule has 1 rings (SSSR count). The molecule has 1 aromatic rings. The molecule has 0 aliphatic carbocycles. The summed E-state index contributed by atoms with van der Waals surface area (Å²) in [6.07, 6.45) is 1.75. The van der Waals surface area contributed by atoms with E-state index in [2.05, 4.69) is 28.7 Å². The normalized spacial score (nSPS) is 11.3. The van der Waals surface area contributed by atoms with Gasteiger partial charge in [0.05, 0.1) is 12.7 Å². The minimum absolute atomic E-state index is 0.247. The molecule has 102 valence electrons. The summed E-state index contributed by atoms with van der Waals surface area (Å²) < 4.78 is 5.55. The zero-order chi connectivity index (χ0) is 13.7. The van der Waals surface area contributed by atoms with Crippen LogP contribution in [0.3, 0.4) is 0 Å². The third kappa shape index (κ3) is 4.10. The predicted molar refractivity (Wildman–Crippen MR) is 75.5 cm³/mol. The SMILES string of the molecule is CC(C)OCCN(C)c1ncnc(Cl)c1C(C)C. The molecular formula is C13H22ClN3O. The molecule has 0 spiro atoms. The fourth-order valence-electron chi connectivity index (χ4n) is 1.70. The summed E-state index contributed by atoms with van der Waals surface area (Å²) in [5.41, 5.74) is 0.992. The average Bonchev–Trinajstić information content (AvgIpc) is 2.27. The maximum Gasteiger partial charge on any atom is 0.138 e. The van der Waals surface area contributed by atoms with Crippen LogP contribution < -0.4 is 4.90 Å². The molecule has 0 unspecified atom stereocenters. The Morgan fingerprint density at radius 2 is 1.94 bits per heavy atom. The zero-order valence-corrected chi connectivity index (χ0v) is 12.5. The molecule has 1 aromatic heterocycles. The first kappa shape index (κ1) is 15.2. The van der Waals surface area contributed by atoms with E-state index >= 15 is 0 Å². The number of likely N-dealkylation sites (N-methyl/N-ethyl adjacent to an activating group) is 1. The molecule has 0 amide bonds. The van der Waals surface area contributed by atoms with E-state index < -0.39 is 0 Å². The molecule has 0 saturated carbocycles. The Kier molecular flexibility index (Phi) is 5.82. The predicted octanol–water partition coefficient (Wildman–Crippen LogP) is 3.11. The van der Waals surface area contributed by atoms with Crippen molar-refractivity contribution < 1.29 is 4.74 Å². The van der Waals surface area contributed by atoms with Crippen LogP contribution in [-0.4, -0.2) is 36.3 Å². The third-order valence-electron chi connectivity index (χ3n) is 2.63. The molecule has 18 heavy (non-hydrogen) atoms. The lowest BCUT2D eigenvalue weighted by atomic mass is 10.1. The van der Waals surface area contributed by atoms with Gasteiger partial charge < -0.3 is 9.64 Å². The van der Waals surface area contributed by atoms with Gasteiger partial charge in [0, 0.05) is 19.2 Å². The Labute approximate surface area is 114 Å². The summed E-state index contributed by atoms with van der Waals surface area (Å²) >= 11 is 6.14. The van der Waals surface area contributed by atoms with E-state index in [-0.39, 0.29) is 6.10 Å². The molecule has 0 aliphatic heterocycles. The lowest BCUT2D eigenvalue weighted by Crippen LogP contribution is -2.26. The monoisotopic (exact) mass is 271 g/mol. The molecule has 0 radical (unpaired) electrons. The number of nitrogens with zero attached hydrogens (tertiary/aromatic N) is 3. The molecule has 1 heterocycles. The van der Waals surface area contributed by atoms with E-state index in [1.54, 1.807) is 0 Å². The molecule has 0 aromatic carbocycles. The van der Waals surface area contributed by atoms with Gasteiger partial charge in [-0.25, -0.2) is 9.97 Å². The highest BCUT2D eigenvalue weighted by molar-refractivity contribution is 6.30. The van der Waals surface area contributed by atoms with Crippen molar-refractivity contribution in [1.82, 2.24) is 9.97 Å². The van der Waals surface area contributed by atoms with Gasteiger partial charge in [0.15, 0.2) is 0 Å². The van der Waals surface area contributed by atoms with Gasteiger partial charge in [-0.3, -0.25) is 0 Å². The highest BCUT2D eigenvalue weighted by atomic mass is 35.5. The van der Waals surface area contributed by atoms with Crippen LogP contribution in [-0.2, 0) is 4.74 Å². The van der Waals surface area contributed by atoms with Gasteiger partial charge in [0.1, 0.15) is 17.3 Å². The zero-order valence-electron chi connectivity index (χ0n) is 11.8. The van der Waals surface area contributed by atoms with Crippen LogP contribution in [0, 0.1) is 0 Å². The van der Waals surface area contributed by atoms with Crippen LogP contribution >= 0.6 is 11.6 Å². The van der Waals surface area contributed by atoms with Crippen molar-refractivity contribution in [3.63, 3.8) is 0 Å². The largest absolute Gasteiger partial charge is 0.377 e. The van der Waals surface area contributed by atoms with Crippen molar-refractivity contribution in [3.05, 3.63) is 17.0 Å². The minimum atomic E-state index is 0.247.